The van der Waals surface area contributed by atoms with Gasteiger partial charge < -0.3 is 55.1 Å². The number of carbonyl (C=O) groups is 1. The summed E-state index contributed by atoms with van der Waals surface area (Å²) in [6.45, 7) is -0.537. The molecule has 4 aromatic rings. The number of phenolic OH excluding ortho intramolecular Hbond substituents is 5. The van der Waals surface area contributed by atoms with E-state index >= 15 is 0 Å². The predicted octanol–water partition coefficient (Wildman–Crippen LogP) is 2.35. The maximum atomic E-state index is 12.3. The van der Waals surface area contributed by atoms with Crippen molar-refractivity contribution in [3.8, 4) is 45.8 Å². The van der Waals surface area contributed by atoms with Crippen molar-refractivity contribution in [2.45, 2.75) is 30.7 Å². The minimum absolute atomic E-state index is 0.0122. The molecule has 1 unspecified atom stereocenters. The molecule has 1 aliphatic heterocycles. The van der Waals surface area contributed by atoms with Crippen molar-refractivity contribution < 1.29 is 64.3 Å². The van der Waals surface area contributed by atoms with Crippen LogP contribution in [0.2, 0.25) is 0 Å². The van der Waals surface area contributed by atoms with Gasteiger partial charge in [0.25, 0.3) is 0 Å². The lowest BCUT2D eigenvalue weighted by atomic mass is 9.99. The van der Waals surface area contributed by atoms with Crippen LogP contribution in [-0.4, -0.2) is 84.1 Å². The third kappa shape index (κ3) is 6.39. The second kappa shape index (κ2) is 12.0. The van der Waals surface area contributed by atoms with E-state index in [4.69, 9.17) is 18.6 Å². The minimum atomic E-state index is -1.80. The molecule has 0 saturated carbocycles. The summed E-state index contributed by atoms with van der Waals surface area (Å²) < 4.78 is 22.5. The summed E-state index contributed by atoms with van der Waals surface area (Å²) in [5, 5.41) is 81.2. The van der Waals surface area contributed by atoms with Crippen molar-refractivity contribution in [1.29, 1.82) is 0 Å². The Bertz CT molecular complexity index is 1670. The molecule has 1 aliphatic rings. The maximum absolute atomic E-state index is 12.3. The largest absolute Gasteiger partial charge is 0.508 e. The van der Waals surface area contributed by atoms with Gasteiger partial charge in [-0.1, -0.05) is 12.1 Å². The van der Waals surface area contributed by atoms with E-state index in [9.17, 15) is 45.6 Å². The molecule has 1 saturated heterocycles. The van der Waals surface area contributed by atoms with Gasteiger partial charge in [0.2, 0.25) is 12.0 Å². The molecule has 0 aliphatic carbocycles. The summed E-state index contributed by atoms with van der Waals surface area (Å²) >= 11 is 0. The van der Waals surface area contributed by atoms with Crippen LogP contribution in [0.3, 0.4) is 0 Å². The van der Waals surface area contributed by atoms with Gasteiger partial charge in [-0.3, -0.25) is 0 Å². The lowest BCUT2D eigenvalue weighted by molar-refractivity contribution is -0.278. The van der Waals surface area contributed by atoms with E-state index in [-0.39, 0.29) is 45.3 Å². The smallest absolute Gasteiger partial charge is 0.402 e. The van der Waals surface area contributed by atoms with Crippen molar-refractivity contribution >= 4 is 23.0 Å². The Labute approximate surface area is 242 Å². The van der Waals surface area contributed by atoms with E-state index in [0.29, 0.717) is 5.56 Å². The number of aromatic hydroxyl groups is 5. The Kier molecular flexibility index (Phi) is 8.23. The van der Waals surface area contributed by atoms with Crippen molar-refractivity contribution in [3.05, 3.63) is 72.3 Å². The molecule has 13 heteroatoms. The minimum Gasteiger partial charge on any atom is -0.508 e. The van der Waals surface area contributed by atoms with Gasteiger partial charge in [0.15, 0.2) is 11.5 Å². The lowest BCUT2D eigenvalue weighted by Gasteiger charge is -2.39. The Morgan fingerprint density at radius 3 is 2.28 bits per heavy atom. The van der Waals surface area contributed by atoms with Crippen molar-refractivity contribution in [2.24, 2.45) is 0 Å². The van der Waals surface area contributed by atoms with Crippen LogP contribution in [0.25, 0.3) is 28.4 Å². The molecule has 5 rings (SSSR count). The molecule has 8 N–H and O–H groups in total. The van der Waals surface area contributed by atoms with Gasteiger partial charge in [0.1, 0.15) is 53.7 Å². The summed E-state index contributed by atoms with van der Waals surface area (Å²) in [6, 6.07) is 13.3. The maximum Gasteiger partial charge on any atom is 0.402 e. The first-order valence-electron chi connectivity index (χ1n) is 12.9. The number of phenols is 5. The van der Waals surface area contributed by atoms with Gasteiger partial charge in [-0.2, -0.15) is 0 Å². The van der Waals surface area contributed by atoms with Gasteiger partial charge in [-0.15, -0.1) is 0 Å². The van der Waals surface area contributed by atoms with Crippen LogP contribution < -0.4 is 4.74 Å². The highest BCUT2D eigenvalue weighted by Crippen LogP contribution is 2.42. The van der Waals surface area contributed by atoms with Gasteiger partial charge in [-0.05, 0) is 35.9 Å². The van der Waals surface area contributed by atoms with Crippen molar-refractivity contribution in [2.75, 3.05) is 6.61 Å². The van der Waals surface area contributed by atoms with Crippen molar-refractivity contribution in [1.82, 2.24) is 0 Å². The molecular weight excluding hydrogens is 568 g/mol. The van der Waals surface area contributed by atoms with Crippen LogP contribution in [0.5, 0.6) is 34.5 Å². The number of rotatable bonds is 7. The summed E-state index contributed by atoms with van der Waals surface area (Å²) in [5.41, 5.74) is 0.792. The number of aliphatic hydroxyl groups excluding tert-OH is 3. The van der Waals surface area contributed by atoms with E-state index in [0.717, 1.165) is 18.2 Å². The van der Waals surface area contributed by atoms with Gasteiger partial charge in [0.05, 0.1) is 11.6 Å². The molecule has 0 spiro atoms. The number of hydrogen-bond acceptors (Lipinski definition) is 12. The van der Waals surface area contributed by atoms with E-state index in [1.807, 2.05) is 0 Å². The molecule has 1 fully saturated rings. The van der Waals surface area contributed by atoms with Crippen LogP contribution in [0, 0.1) is 0 Å². The zero-order valence-corrected chi connectivity index (χ0v) is 22.1. The molecule has 3 aromatic carbocycles. The number of fused-ring (bicyclic) bond motifs is 1. The molecule has 0 bridgehead atoms. The van der Waals surface area contributed by atoms with Gasteiger partial charge in [-0.25, -0.2) is 9.21 Å². The summed E-state index contributed by atoms with van der Waals surface area (Å²) in [4.78, 5) is 12.3. The van der Waals surface area contributed by atoms with Crippen LogP contribution in [0.4, 0.5) is 0 Å². The fourth-order valence-electron chi connectivity index (χ4n) is 4.38. The average molecular weight is 596 g/mol. The average Bonchev–Trinajstić information content (AvgIpc) is 2.98. The van der Waals surface area contributed by atoms with E-state index in [2.05, 4.69) is 0 Å². The highest BCUT2D eigenvalue weighted by Gasteiger charge is 2.46. The number of hydrogen-bond donors (Lipinski definition) is 8. The summed E-state index contributed by atoms with van der Waals surface area (Å²) in [6.07, 6.45) is -5.73. The van der Waals surface area contributed by atoms with Crippen LogP contribution in [0.15, 0.2) is 71.2 Å². The van der Waals surface area contributed by atoms with E-state index in [1.165, 1.54) is 42.5 Å². The highest BCUT2D eigenvalue weighted by atomic mass is 16.7. The molecule has 224 valence electrons. The number of benzene rings is 3. The monoisotopic (exact) mass is 595 g/mol. The Balaban J connectivity index is 1.39. The Morgan fingerprint density at radius 1 is 0.814 bits per heavy atom. The Hall–Kier alpha value is -5.08. The van der Waals surface area contributed by atoms with Gasteiger partial charge >= 0.3 is 17.3 Å². The molecule has 5 atom stereocenters. The van der Waals surface area contributed by atoms with E-state index in [1.54, 1.807) is 12.1 Å². The number of carbonyl (C=O) groups excluding carboxylic acids is 1. The fraction of sp³-hybridized carbons (Fsp3) is 0.200. The first-order chi connectivity index (χ1) is 20.5. The predicted molar refractivity (Wildman–Crippen MR) is 148 cm³/mol. The molecule has 0 amide bonds. The number of esters is 1. The molecule has 0 radical (unpaired) electrons. The van der Waals surface area contributed by atoms with Crippen LogP contribution in [-0.2, 0) is 14.3 Å². The first kappa shape index (κ1) is 29.4. The molecule has 43 heavy (non-hydrogen) atoms. The van der Waals surface area contributed by atoms with E-state index < -0.39 is 54.8 Å². The second-order valence-electron chi connectivity index (χ2n) is 9.71. The SMILES string of the molecule is O=C(/C=C/c1ccc(O)cc1)OC[C@H]1OC(Oc2cc3c(O)cc(O)cc3[o+]c2-c2ccc(O)c(O)c2)[C@H](O)[C@@H](O)[C@@H]1O. The topological polar surface area (TPSA) is 218 Å². The summed E-state index contributed by atoms with van der Waals surface area (Å²) in [5.74, 6) is -2.60. The van der Waals surface area contributed by atoms with Crippen LogP contribution >= 0.6 is 0 Å². The fourth-order valence-corrected chi connectivity index (χ4v) is 4.38. The summed E-state index contributed by atoms with van der Waals surface area (Å²) in [7, 11) is 0. The molecule has 2 heterocycles. The first-order valence-corrected chi connectivity index (χ1v) is 12.9. The zero-order valence-electron chi connectivity index (χ0n) is 22.1. The molecular formula is C30H27O13+. The third-order valence-electron chi connectivity index (χ3n) is 6.66. The number of ether oxygens (including phenoxy) is 3. The normalized spacial score (nSPS) is 22.1. The quantitative estimate of drug-likeness (QED) is 0.0667. The van der Waals surface area contributed by atoms with Gasteiger partial charge in [0, 0.05) is 24.3 Å². The highest BCUT2D eigenvalue weighted by molar-refractivity contribution is 5.89. The Morgan fingerprint density at radius 2 is 1.56 bits per heavy atom. The standard InChI is InChI=1S/C30H26O13/c31-16-5-1-14(2-6-16)3-8-25(36)40-13-24-26(37)27(38)28(39)30(43-24)42-23-12-18-20(34)10-17(32)11-22(18)41-29(23)15-4-7-19(33)21(35)9-15/h1-12,24,26-28,30,37-39H,13H2,(H4-,31,32,33,34,35,36)/p+1/t24-,26-,27+,28-,30?/m1/s1. The molecule has 1 aromatic heterocycles. The number of aliphatic hydroxyl groups is 3. The van der Waals surface area contributed by atoms with Crippen molar-refractivity contribution in [3.63, 3.8) is 0 Å². The molecule has 13 nitrogen and oxygen atoms in total. The lowest BCUT2D eigenvalue weighted by Crippen LogP contribution is -2.60. The second-order valence-corrected chi connectivity index (χ2v) is 9.71. The van der Waals surface area contributed by atoms with Crippen LogP contribution in [0.1, 0.15) is 5.56 Å². The zero-order chi connectivity index (χ0) is 30.8. The third-order valence-corrected chi connectivity index (χ3v) is 6.66.